The smallest absolute Gasteiger partial charge is 0.446 e. The quantitative estimate of drug-likeness (QED) is 0.278. The van der Waals surface area contributed by atoms with Crippen molar-refractivity contribution in [3.05, 3.63) is 35.9 Å². The van der Waals surface area contributed by atoms with Gasteiger partial charge in [-0.1, -0.05) is 42.4 Å². The fraction of sp³-hybridized carbons (Fsp3) is 0.471. The van der Waals surface area contributed by atoms with Crippen molar-refractivity contribution in [1.82, 2.24) is 8.61 Å². The molecule has 1 N–H and O–H groups in total. The number of oxime groups is 1. The minimum atomic E-state index is -1.16. The Balaban J connectivity index is 2.90. The van der Waals surface area contributed by atoms with Crippen LogP contribution in [0.3, 0.4) is 0 Å². The molecule has 0 aliphatic carbocycles. The summed E-state index contributed by atoms with van der Waals surface area (Å²) in [5.74, 6) is -0.319. The molecule has 0 spiro atoms. The van der Waals surface area contributed by atoms with Crippen molar-refractivity contribution in [3.8, 4) is 0 Å². The molecule has 0 aliphatic rings. The number of nitrogens with zero attached hydrogens (tertiary/aromatic N) is 3. The molecule has 0 saturated heterocycles. The van der Waals surface area contributed by atoms with Crippen LogP contribution in [0.4, 0.5) is 4.79 Å². The molecule has 1 amide bonds. The molecule has 1 aromatic carbocycles. The Kier molecular flexibility index (Phi) is 9.53. The summed E-state index contributed by atoms with van der Waals surface area (Å²) in [6, 6.07) is 9.50. The van der Waals surface area contributed by atoms with Crippen LogP contribution in [0, 0.1) is 0 Å². The van der Waals surface area contributed by atoms with Crippen molar-refractivity contribution in [1.29, 1.82) is 0 Å². The largest absolute Gasteiger partial charge is 0.480 e. The van der Waals surface area contributed by atoms with Gasteiger partial charge in [0, 0.05) is 31.5 Å². The number of amides is 1. The third-order valence-electron chi connectivity index (χ3n) is 3.79. The van der Waals surface area contributed by atoms with E-state index in [4.69, 9.17) is 4.84 Å². The maximum atomic E-state index is 12.1. The molecule has 7 nitrogen and oxygen atoms in total. The van der Waals surface area contributed by atoms with Crippen LogP contribution >= 0.6 is 23.9 Å². The first-order chi connectivity index (χ1) is 12.3. The van der Waals surface area contributed by atoms with Gasteiger partial charge >= 0.3 is 12.1 Å². The summed E-state index contributed by atoms with van der Waals surface area (Å²) in [5.41, 5.74) is -0.211. The highest BCUT2D eigenvalue weighted by molar-refractivity contribution is 7.99. The lowest BCUT2D eigenvalue weighted by atomic mass is 9.98. The number of hydrogen-bond acceptors (Lipinski definition) is 7. The minimum Gasteiger partial charge on any atom is -0.480 e. The van der Waals surface area contributed by atoms with Crippen LogP contribution in [0.2, 0.25) is 0 Å². The highest BCUT2D eigenvalue weighted by Crippen LogP contribution is 2.31. The summed E-state index contributed by atoms with van der Waals surface area (Å²) in [6.07, 6.45) is 3.11. The SMILES string of the molecule is CC[C@](C)(C(=O)O)N(Cc1ccccc1)SN(C)C(=O)O/N=C\CSC. The lowest BCUT2D eigenvalue weighted by molar-refractivity contribution is -0.147. The molecule has 0 aromatic heterocycles. The Labute approximate surface area is 163 Å². The third-order valence-corrected chi connectivity index (χ3v) is 5.40. The van der Waals surface area contributed by atoms with E-state index in [0.29, 0.717) is 18.7 Å². The third kappa shape index (κ3) is 6.54. The van der Waals surface area contributed by atoms with E-state index in [2.05, 4.69) is 5.16 Å². The minimum absolute atomic E-state index is 0.357. The number of aliphatic carboxylic acids is 1. The maximum absolute atomic E-state index is 12.1. The molecule has 1 atom stereocenters. The lowest BCUT2D eigenvalue weighted by Crippen LogP contribution is -2.49. The lowest BCUT2D eigenvalue weighted by Gasteiger charge is -2.37. The standard InChI is InChI=1S/C17H25N3O4S2/c1-5-17(2,15(21)22)20(13-14-9-7-6-8-10-14)26-19(3)16(23)24-18-11-12-25-4/h6-11H,5,12-13H2,1-4H3,(H,21,22)/b18-11-/t17-/m1/s1. The van der Waals surface area contributed by atoms with Gasteiger partial charge in [-0.3, -0.25) is 9.63 Å². The van der Waals surface area contributed by atoms with Gasteiger partial charge in [-0.05, 0) is 25.2 Å². The Bertz CT molecular complexity index is 615. The first-order valence-corrected chi connectivity index (χ1v) is 10.2. The molecule has 1 rings (SSSR count). The normalized spacial score (nSPS) is 13.6. The first-order valence-electron chi connectivity index (χ1n) is 8.03. The van der Waals surface area contributed by atoms with E-state index < -0.39 is 17.6 Å². The fourth-order valence-electron chi connectivity index (χ4n) is 1.90. The molecule has 0 fully saturated rings. The summed E-state index contributed by atoms with van der Waals surface area (Å²) in [5, 5.41) is 13.3. The molecule has 26 heavy (non-hydrogen) atoms. The second kappa shape index (κ2) is 11.1. The average Bonchev–Trinajstić information content (AvgIpc) is 2.64. The maximum Gasteiger partial charge on any atom is 0.446 e. The molecule has 0 saturated carbocycles. The van der Waals surface area contributed by atoms with Gasteiger partial charge in [-0.2, -0.15) is 11.8 Å². The van der Waals surface area contributed by atoms with Crippen LogP contribution in [0.25, 0.3) is 0 Å². The van der Waals surface area contributed by atoms with Crippen molar-refractivity contribution in [3.63, 3.8) is 0 Å². The zero-order valence-electron chi connectivity index (χ0n) is 15.4. The second-order valence-electron chi connectivity index (χ2n) is 5.63. The summed E-state index contributed by atoms with van der Waals surface area (Å²) < 4.78 is 2.90. The second-order valence-corrected chi connectivity index (χ2v) is 7.70. The van der Waals surface area contributed by atoms with Crippen molar-refractivity contribution in [2.45, 2.75) is 32.4 Å². The van der Waals surface area contributed by atoms with Crippen LogP contribution in [0.5, 0.6) is 0 Å². The van der Waals surface area contributed by atoms with Gasteiger partial charge in [0.05, 0.1) is 6.21 Å². The van der Waals surface area contributed by atoms with E-state index in [1.807, 2.05) is 36.6 Å². The predicted octanol–water partition coefficient (Wildman–Crippen LogP) is 3.72. The fourth-order valence-corrected chi connectivity index (χ4v) is 3.10. The van der Waals surface area contributed by atoms with Crippen molar-refractivity contribution in [2.75, 3.05) is 19.1 Å². The van der Waals surface area contributed by atoms with Gasteiger partial charge in [0.15, 0.2) is 0 Å². The molecule has 0 heterocycles. The van der Waals surface area contributed by atoms with Gasteiger partial charge < -0.3 is 5.11 Å². The summed E-state index contributed by atoms with van der Waals surface area (Å²) in [7, 11) is 1.52. The van der Waals surface area contributed by atoms with Gasteiger partial charge in [0.1, 0.15) is 5.54 Å². The van der Waals surface area contributed by atoms with Crippen LogP contribution in [0.1, 0.15) is 25.8 Å². The number of thioether (sulfide) groups is 1. The van der Waals surface area contributed by atoms with Gasteiger partial charge in [-0.25, -0.2) is 13.4 Å². The topological polar surface area (TPSA) is 82.4 Å². The monoisotopic (exact) mass is 399 g/mol. The van der Waals surface area contributed by atoms with Crippen LogP contribution in [-0.4, -0.2) is 56.6 Å². The molecular formula is C17H25N3O4S2. The van der Waals surface area contributed by atoms with Crippen molar-refractivity contribution >= 4 is 42.2 Å². The summed E-state index contributed by atoms with van der Waals surface area (Å²) >= 11 is 2.55. The highest BCUT2D eigenvalue weighted by Gasteiger charge is 2.40. The Hall–Kier alpha value is -1.71. The van der Waals surface area contributed by atoms with E-state index in [-0.39, 0.29) is 0 Å². The number of carbonyl (C=O) groups excluding carboxylic acids is 1. The predicted molar refractivity (Wildman–Crippen MR) is 107 cm³/mol. The Morgan fingerprint density at radius 3 is 2.54 bits per heavy atom. The summed E-state index contributed by atoms with van der Waals surface area (Å²) in [6.45, 7) is 3.80. The van der Waals surface area contributed by atoms with E-state index in [1.54, 1.807) is 29.9 Å². The molecule has 0 radical (unpaired) electrons. The average molecular weight is 400 g/mol. The van der Waals surface area contributed by atoms with Crippen LogP contribution < -0.4 is 0 Å². The molecule has 0 unspecified atom stereocenters. The summed E-state index contributed by atoms with van der Waals surface area (Å²) in [4.78, 5) is 28.7. The van der Waals surface area contributed by atoms with Crippen molar-refractivity contribution in [2.24, 2.45) is 5.16 Å². The van der Waals surface area contributed by atoms with Gasteiger partial charge in [0.25, 0.3) is 0 Å². The Morgan fingerprint density at radius 1 is 1.35 bits per heavy atom. The molecule has 1 aromatic rings. The number of carboxylic acid groups (broad SMARTS) is 1. The highest BCUT2D eigenvalue weighted by atomic mass is 32.2. The van der Waals surface area contributed by atoms with Crippen LogP contribution in [-0.2, 0) is 16.2 Å². The molecule has 9 heteroatoms. The van der Waals surface area contributed by atoms with E-state index >= 15 is 0 Å². The van der Waals surface area contributed by atoms with E-state index in [0.717, 1.165) is 17.7 Å². The van der Waals surface area contributed by atoms with Gasteiger partial charge in [-0.15, -0.1) is 0 Å². The molecular weight excluding hydrogens is 374 g/mol. The number of hydrogen-bond donors (Lipinski definition) is 1. The van der Waals surface area contributed by atoms with Gasteiger partial charge in [0.2, 0.25) is 0 Å². The zero-order chi connectivity index (χ0) is 19.6. The molecule has 144 valence electrons. The number of carbonyl (C=O) groups is 2. The van der Waals surface area contributed by atoms with E-state index in [1.165, 1.54) is 17.6 Å². The van der Waals surface area contributed by atoms with Crippen LogP contribution in [0.15, 0.2) is 35.5 Å². The number of rotatable bonds is 10. The Morgan fingerprint density at radius 2 is 2.00 bits per heavy atom. The number of benzene rings is 1. The first kappa shape index (κ1) is 22.3. The van der Waals surface area contributed by atoms with E-state index in [9.17, 15) is 14.7 Å². The van der Waals surface area contributed by atoms with Crippen molar-refractivity contribution < 1.29 is 19.5 Å². The number of carboxylic acids is 1. The zero-order valence-corrected chi connectivity index (χ0v) is 17.0. The molecule has 0 bridgehead atoms. The molecule has 0 aliphatic heterocycles.